The second-order valence-corrected chi connectivity index (χ2v) is 4.64. The number of para-hydroxylation sites is 1. The van der Waals surface area contributed by atoms with Gasteiger partial charge in [0.2, 0.25) is 0 Å². The van der Waals surface area contributed by atoms with E-state index in [0.29, 0.717) is 13.2 Å². The fourth-order valence-electron chi connectivity index (χ4n) is 2.15. The molecule has 2 N–H and O–H groups in total. The number of furan rings is 1. The molecule has 3 rings (SSSR count). The molecule has 0 atom stereocenters. The Balaban J connectivity index is 1.89. The van der Waals surface area contributed by atoms with Gasteiger partial charge in [0.25, 0.3) is 0 Å². The number of fused-ring (bicyclic) bond motifs is 1. The number of ether oxygens (including phenoxy) is 1. The number of aryl methyl sites for hydroxylation is 1. The van der Waals surface area contributed by atoms with Gasteiger partial charge in [0.05, 0.1) is 6.26 Å². The summed E-state index contributed by atoms with van der Waals surface area (Å²) in [6, 6.07) is 11.8. The largest absolute Gasteiger partial charge is 0.483 e. The van der Waals surface area contributed by atoms with E-state index in [0.717, 1.165) is 33.7 Å². The van der Waals surface area contributed by atoms with E-state index in [9.17, 15) is 0 Å². The molecule has 4 heteroatoms. The van der Waals surface area contributed by atoms with Gasteiger partial charge in [-0.3, -0.25) is 0 Å². The molecular formula is C16H16N2O2. The van der Waals surface area contributed by atoms with Gasteiger partial charge in [-0.2, -0.15) is 0 Å². The Morgan fingerprint density at radius 1 is 1.20 bits per heavy atom. The van der Waals surface area contributed by atoms with E-state index in [4.69, 9.17) is 14.9 Å². The van der Waals surface area contributed by atoms with Crippen molar-refractivity contribution < 1.29 is 9.15 Å². The van der Waals surface area contributed by atoms with Crippen LogP contribution < -0.4 is 10.5 Å². The van der Waals surface area contributed by atoms with Crippen LogP contribution in [0.15, 0.2) is 47.1 Å². The third-order valence-corrected chi connectivity index (χ3v) is 3.24. The summed E-state index contributed by atoms with van der Waals surface area (Å²) in [6.45, 7) is 2.77. The van der Waals surface area contributed by atoms with E-state index < -0.39 is 0 Å². The van der Waals surface area contributed by atoms with Crippen molar-refractivity contribution in [3.63, 3.8) is 0 Å². The Kier molecular flexibility index (Phi) is 3.39. The Bertz CT molecular complexity index is 734. The summed E-state index contributed by atoms with van der Waals surface area (Å²) in [5.41, 5.74) is 8.45. The molecule has 2 heterocycles. The molecule has 0 fully saturated rings. The Hall–Kier alpha value is -2.33. The zero-order chi connectivity index (χ0) is 13.9. The van der Waals surface area contributed by atoms with Crippen LogP contribution in [0, 0.1) is 6.92 Å². The lowest BCUT2D eigenvalue weighted by molar-refractivity contribution is 0.271. The molecule has 0 aliphatic carbocycles. The van der Waals surface area contributed by atoms with Gasteiger partial charge in [-0.25, -0.2) is 4.98 Å². The first-order chi connectivity index (χ1) is 9.78. The van der Waals surface area contributed by atoms with E-state index in [-0.39, 0.29) is 0 Å². The minimum Gasteiger partial charge on any atom is -0.483 e. The number of hydrogen-bond acceptors (Lipinski definition) is 4. The number of nitrogens with two attached hydrogens (primary N) is 1. The molecule has 0 radical (unpaired) electrons. The average molecular weight is 268 g/mol. The quantitative estimate of drug-likeness (QED) is 0.789. The number of pyridine rings is 1. The maximum Gasteiger partial charge on any atom is 0.146 e. The van der Waals surface area contributed by atoms with E-state index >= 15 is 0 Å². The van der Waals surface area contributed by atoms with Crippen molar-refractivity contribution in [2.24, 2.45) is 5.73 Å². The fourth-order valence-corrected chi connectivity index (χ4v) is 2.15. The molecule has 3 aromatic rings. The summed E-state index contributed by atoms with van der Waals surface area (Å²) in [7, 11) is 0. The second kappa shape index (κ2) is 5.35. The summed E-state index contributed by atoms with van der Waals surface area (Å²) in [4.78, 5) is 4.54. The average Bonchev–Trinajstić information content (AvgIpc) is 2.92. The van der Waals surface area contributed by atoms with Gasteiger partial charge < -0.3 is 14.9 Å². The minimum atomic E-state index is 0.355. The molecule has 0 aliphatic heterocycles. The van der Waals surface area contributed by atoms with Crippen LogP contribution in [-0.4, -0.2) is 4.98 Å². The molecule has 0 bridgehead atoms. The van der Waals surface area contributed by atoms with Crippen molar-refractivity contribution in [1.29, 1.82) is 0 Å². The molecule has 0 saturated heterocycles. The van der Waals surface area contributed by atoms with Crippen molar-refractivity contribution in [2.75, 3.05) is 0 Å². The monoisotopic (exact) mass is 268 g/mol. The number of rotatable bonds is 4. The van der Waals surface area contributed by atoms with Crippen LogP contribution in [0.4, 0.5) is 0 Å². The Labute approximate surface area is 117 Å². The van der Waals surface area contributed by atoms with Crippen LogP contribution in [0.1, 0.15) is 17.0 Å². The lowest BCUT2D eigenvalue weighted by Gasteiger charge is -2.08. The lowest BCUT2D eigenvalue weighted by atomic mass is 10.2. The minimum absolute atomic E-state index is 0.355. The number of hydrogen-bond donors (Lipinski definition) is 1. The zero-order valence-corrected chi connectivity index (χ0v) is 11.3. The highest BCUT2D eigenvalue weighted by atomic mass is 16.5. The molecule has 0 spiro atoms. The van der Waals surface area contributed by atoms with Crippen LogP contribution in [0.25, 0.3) is 10.9 Å². The van der Waals surface area contributed by atoms with Crippen molar-refractivity contribution in [2.45, 2.75) is 20.1 Å². The smallest absolute Gasteiger partial charge is 0.146 e. The first-order valence-electron chi connectivity index (χ1n) is 6.52. The molecule has 0 saturated carbocycles. The van der Waals surface area contributed by atoms with Crippen molar-refractivity contribution in [3.8, 4) is 5.75 Å². The second-order valence-electron chi connectivity index (χ2n) is 4.64. The molecule has 2 aromatic heterocycles. The van der Waals surface area contributed by atoms with Crippen molar-refractivity contribution in [1.82, 2.24) is 4.98 Å². The molecule has 0 amide bonds. The summed E-state index contributed by atoms with van der Waals surface area (Å²) in [5, 5.41) is 1.06. The Morgan fingerprint density at radius 3 is 2.95 bits per heavy atom. The van der Waals surface area contributed by atoms with E-state index in [2.05, 4.69) is 4.98 Å². The van der Waals surface area contributed by atoms with Gasteiger partial charge in [-0.15, -0.1) is 0 Å². The predicted molar refractivity (Wildman–Crippen MR) is 77.4 cm³/mol. The summed E-state index contributed by atoms with van der Waals surface area (Å²) < 4.78 is 11.2. The van der Waals surface area contributed by atoms with E-state index in [1.54, 1.807) is 6.26 Å². The van der Waals surface area contributed by atoms with E-state index in [1.807, 2.05) is 43.3 Å². The van der Waals surface area contributed by atoms with Gasteiger partial charge in [-0.1, -0.05) is 18.2 Å². The summed E-state index contributed by atoms with van der Waals surface area (Å²) in [5.74, 6) is 1.52. The molecule has 102 valence electrons. The number of benzene rings is 1. The van der Waals surface area contributed by atoms with Crippen LogP contribution in [0.5, 0.6) is 5.75 Å². The van der Waals surface area contributed by atoms with Gasteiger partial charge >= 0.3 is 0 Å². The van der Waals surface area contributed by atoms with Crippen molar-refractivity contribution >= 4 is 10.9 Å². The van der Waals surface area contributed by atoms with Crippen LogP contribution >= 0.6 is 0 Å². The highest BCUT2D eigenvalue weighted by Gasteiger charge is 2.08. The fraction of sp³-hybridized carbons (Fsp3) is 0.188. The first-order valence-corrected chi connectivity index (χ1v) is 6.52. The highest BCUT2D eigenvalue weighted by molar-refractivity contribution is 5.84. The molecular weight excluding hydrogens is 252 g/mol. The zero-order valence-electron chi connectivity index (χ0n) is 11.3. The van der Waals surface area contributed by atoms with Gasteiger partial charge in [0.15, 0.2) is 0 Å². The van der Waals surface area contributed by atoms with Crippen LogP contribution in [-0.2, 0) is 13.2 Å². The topological polar surface area (TPSA) is 61.3 Å². The standard InChI is InChI=1S/C16H16N2O2/c1-11-5-6-12-3-2-4-14(16(12)18-11)20-10-15-13(9-17)7-8-19-15/h2-8H,9-10,17H2,1H3. The van der Waals surface area contributed by atoms with Crippen molar-refractivity contribution in [3.05, 3.63) is 59.7 Å². The normalized spacial score (nSPS) is 10.9. The van der Waals surface area contributed by atoms with Crippen LogP contribution in [0.2, 0.25) is 0 Å². The summed E-state index contributed by atoms with van der Waals surface area (Å²) in [6.07, 6.45) is 1.63. The molecule has 0 aliphatic rings. The van der Waals surface area contributed by atoms with Gasteiger partial charge in [-0.05, 0) is 25.1 Å². The maximum atomic E-state index is 5.85. The Morgan fingerprint density at radius 2 is 2.10 bits per heavy atom. The third-order valence-electron chi connectivity index (χ3n) is 3.24. The third kappa shape index (κ3) is 2.38. The number of aromatic nitrogens is 1. The first kappa shape index (κ1) is 12.7. The maximum absolute atomic E-state index is 5.85. The SMILES string of the molecule is Cc1ccc2cccc(OCc3occc3CN)c2n1. The number of nitrogens with zero attached hydrogens (tertiary/aromatic N) is 1. The van der Waals surface area contributed by atoms with Gasteiger partial charge in [0, 0.05) is 23.2 Å². The predicted octanol–water partition coefficient (Wildman–Crippen LogP) is 3.17. The van der Waals surface area contributed by atoms with Gasteiger partial charge in [0.1, 0.15) is 23.6 Å². The van der Waals surface area contributed by atoms with E-state index in [1.165, 1.54) is 0 Å². The lowest BCUT2D eigenvalue weighted by Crippen LogP contribution is -2.02. The van der Waals surface area contributed by atoms with Crippen LogP contribution in [0.3, 0.4) is 0 Å². The molecule has 4 nitrogen and oxygen atoms in total. The highest BCUT2D eigenvalue weighted by Crippen LogP contribution is 2.25. The summed E-state index contributed by atoms with van der Waals surface area (Å²) >= 11 is 0. The molecule has 20 heavy (non-hydrogen) atoms. The molecule has 0 unspecified atom stereocenters. The molecule has 1 aromatic carbocycles.